The first-order valence-corrected chi connectivity index (χ1v) is 7.90. The second kappa shape index (κ2) is 7.33. The van der Waals surface area contributed by atoms with Gasteiger partial charge in [0.1, 0.15) is 5.75 Å². The smallest absolute Gasteiger partial charge is 0.251 e. The van der Waals surface area contributed by atoms with Gasteiger partial charge in [-0.15, -0.1) is 0 Å². The Balaban J connectivity index is 2.06. The molecule has 0 unspecified atom stereocenters. The normalized spacial score (nSPS) is 10.3. The van der Waals surface area contributed by atoms with Crippen molar-refractivity contribution in [2.45, 2.75) is 6.54 Å². The van der Waals surface area contributed by atoms with Crippen molar-refractivity contribution >= 4 is 51.7 Å². The number of hydrogen-bond donors (Lipinski definition) is 1. The van der Waals surface area contributed by atoms with Crippen LogP contribution >= 0.6 is 45.8 Å². The van der Waals surface area contributed by atoms with Crippen LogP contribution in [0.1, 0.15) is 15.9 Å². The molecule has 0 atom stereocenters. The second-order valence-corrected chi connectivity index (χ2v) is 6.27. The number of carbonyl (C=O) groups excluding carboxylic acids is 1. The van der Waals surface area contributed by atoms with E-state index in [0.717, 1.165) is 14.9 Å². The van der Waals surface area contributed by atoms with Crippen LogP contribution in [0.4, 0.5) is 0 Å². The molecule has 21 heavy (non-hydrogen) atoms. The maximum atomic E-state index is 12.1. The van der Waals surface area contributed by atoms with Crippen LogP contribution in [0.15, 0.2) is 36.4 Å². The fourth-order valence-corrected chi connectivity index (χ4v) is 2.96. The predicted octanol–water partition coefficient (Wildman–Crippen LogP) is 4.54. The van der Waals surface area contributed by atoms with Gasteiger partial charge in [0.2, 0.25) is 0 Å². The van der Waals surface area contributed by atoms with Crippen molar-refractivity contribution in [2.75, 3.05) is 7.11 Å². The first kappa shape index (κ1) is 16.4. The van der Waals surface area contributed by atoms with Gasteiger partial charge in [-0.25, -0.2) is 0 Å². The third kappa shape index (κ3) is 4.25. The van der Waals surface area contributed by atoms with Crippen LogP contribution in [0.5, 0.6) is 5.75 Å². The summed E-state index contributed by atoms with van der Waals surface area (Å²) in [6.45, 7) is 0.345. The van der Waals surface area contributed by atoms with E-state index in [4.69, 9.17) is 27.9 Å². The minimum absolute atomic E-state index is 0.165. The summed E-state index contributed by atoms with van der Waals surface area (Å²) >= 11 is 14.0. The summed E-state index contributed by atoms with van der Waals surface area (Å²) in [5.41, 5.74) is 1.39. The Morgan fingerprint density at radius 1 is 1.24 bits per heavy atom. The van der Waals surface area contributed by atoms with Gasteiger partial charge in [-0.1, -0.05) is 29.3 Å². The third-order valence-electron chi connectivity index (χ3n) is 2.87. The lowest BCUT2D eigenvalue weighted by molar-refractivity contribution is 0.0951. The van der Waals surface area contributed by atoms with E-state index in [-0.39, 0.29) is 5.91 Å². The van der Waals surface area contributed by atoms with E-state index in [0.29, 0.717) is 22.2 Å². The summed E-state index contributed by atoms with van der Waals surface area (Å²) in [7, 11) is 1.60. The number of ether oxygens (including phenoxy) is 1. The zero-order chi connectivity index (χ0) is 15.4. The van der Waals surface area contributed by atoms with Gasteiger partial charge in [-0.05, 0) is 58.5 Å². The van der Waals surface area contributed by atoms with Gasteiger partial charge < -0.3 is 10.1 Å². The zero-order valence-corrected chi connectivity index (χ0v) is 14.8. The molecule has 0 fully saturated rings. The molecule has 0 heterocycles. The van der Waals surface area contributed by atoms with E-state index in [1.165, 1.54) is 0 Å². The molecule has 0 radical (unpaired) electrons. The maximum Gasteiger partial charge on any atom is 0.251 e. The molecule has 6 heteroatoms. The highest BCUT2D eigenvalue weighted by molar-refractivity contribution is 14.1. The molecule has 1 N–H and O–H groups in total. The number of nitrogens with one attached hydrogen (secondary N) is 1. The van der Waals surface area contributed by atoms with Gasteiger partial charge in [0.05, 0.1) is 10.7 Å². The maximum absolute atomic E-state index is 12.1. The van der Waals surface area contributed by atoms with Crippen LogP contribution in [0.3, 0.4) is 0 Å². The summed E-state index contributed by atoms with van der Waals surface area (Å²) in [6, 6.07) is 10.5. The first-order chi connectivity index (χ1) is 10.0. The molecule has 0 aliphatic rings. The number of hydrogen-bond acceptors (Lipinski definition) is 2. The summed E-state index contributed by atoms with van der Waals surface area (Å²) in [5.74, 6) is 0.578. The number of amides is 1. The minimum atomic E-state index is -0.165. The fraction of sp³-hybridized carbons (Fsp3) is 0.133. The van der Waals surface area contributed by atoms with E-state index in [2.05, 4.69) is 27.9 Å². The molecular formula is C15H12Cl2INO2. The number of carbonyl (C=O) groups is 1. The molecule has 0 bridgehead atoms. The Labute approximate surface area is 146 Å². The van der Waals surface area contributed by atoms with Crippen molar-refractivity contribution in [1.29, 1.82) is 0 Å². The van der Waals surface area contributed by atoms with E-state index in [1.54, 1.807) is 43.5 Å². The number of methoxy groups -OCH3 is 1. The topological polar surface area (TPSA) is 38.3 Å². The molecule has 2 aromatic rings. The van der Waals surface area contributed by atoms with Crippen LogP contribution in [-0.2, 0) is 6.54 Å². The highest BCUT2D eigenvalue weighted by Crippen LogP contribution is 2.22. The predicted molar refractivity (Wildman–Crippen MR) is 93.3 cm³/mol. The van der Waals surface area contributed by atoms with Gasteiger partial charge in [-0.3, -0.25) is 4.79 Å². The first-order valence-electron chi connectivity index (χ1n) is 6.07. The molecule has 0 aliphatic heterocycles. The minimum Gasteiger partial charge on any atom is -0.496 e. The Morgan fingerprint density at radius 3 is 2.62 bits per heavy atom. The van der Waals surface area contributed by atoms with Crippen molar-refractivity contribution < 1.29 is 9.53 Å². The lowest BCUT2D eigenvalue weighted by atomic mass is 10.2. The van der Waals surface area contributed by atoms with Gasteiger partial charge in [-0.2, -0.15) is 0 Å². The lowest BCUT2D eigenvalue weighted by Gasteiger charge is -2.09. The Bertz CT molecular complexity index is 677. The van der Waals surface area contributed by atoms with Crippen molar-refractivity contribution in [3.63, 3.8) is 0 Å². The monoisotopic (exact) mass is 435 g/mol. The van der Waals surface area contributed by atoms with Gasteiger partial charge in [0.25, 0.3) is 5.91 Å². The summed E-state index contributed by atoms with van der Waals surface area (Å²) < 4.78 is 6.05. The second-order valence-electron chi connectivity index (χ2n) is 4.27. The average molecular weight is 436 g/mol. The average Bonchev–Trinajstić information content (AvgIpc) is 2.46. The fourth-order valence-electron chi connectivity index (χ4n) is 1.75. The molecule has 0 saturated heterocycles. The molecule has 1 amide bonds. The van der Waals surface area contributed by atoms with Crippen molar-refractivity contribution in [3.8, 4) is 5.75 Å². The number of halogens is 3. The van der Waals surface area contributed by atoms with Crippen molar-refractivity contribution in [2.24, 2.45) is 0 Å². The summed E-state index contributed by atoms with van der Waals surface area (Å²) in [4.78, 5) is 12.1. The largest absolute Gasteiger partial charge is 0.496 e. The van der Waals surface area contributed by atoms with Crippen LogP contribution in [0, 0.1) is 3.57 Å². The number of rotatable bonds is 4. The zero-order valence-electron chi connectivity index (χ0n) is 11.1. The van der Waals surface area contributed by atoms with E-state index in [1.807, 2.05) is 0 Å². The molecule has 0 aliphatic carbocycles. The molecule has 0 aromatic heterocycles. The van der Waals surface area contributed by atoms with Gasteiger partial charge >= 0.3 is 0 Å². The van der Waals surface area contributed by atoms with Crippen LogP contribution < -0.4 is 10.1 Å². The highest BCUT2D eigenvalue weighted by Gasteiger charge is 2.09. The lowest BCUT2D eigenvalue weighted by Crippen LogP contribution is -2.23. The molecular weight excluding hydrogens is 424 g/mol. The molecule has 2 rings (SSSR count). The van der Waals surface area contributed by atoms with E-state index < -0.39 is 0 Å². The standard InChI is InChI=1S/C15H12Cl2INO2/c1-21-14-5-3-9(6-13(14)18)15(20)19-8-10-2-4-11(16)7-12(10)17/h2-7H,8H2,1H3,(H,19,20). The van der Waals surface area contributed by atoms with E-state index >= 15 is 0 Å². The highest BCUT2D eigenvalue weighted by atomic mass is 127. The molecule has 2 aromatic carbocycles. The Hall–Kier alpha value is -0.980. The molecule has 0 saturated carbocycles. The molecule has 0 spiro atoms. The quantitative estimate of drug-likeness (QED) is 0.716. The Morgan fingerprint density at radius 2 is 2.00 bits per heavy atom. The summed E-state index contributed by atoms with van der Waals surface area (Å²) in [5, 5.41) is 3.93. The molecule has 3 nitrogen and oxygen atoms in total. The SMILES string of the molecule is COc1ccc(C(=O)NCc2ccc(Cl)cc2Cl)cc1I. The van der Waals surface area contributed by atoms with Gasteiger partial charge in [0.15, 0.2) is 0 Å². The van der Waals surface area contributed by atoms with Crippen molar-refractivity contribution in [1.82, 2.24) is 5.32 Å². The van der Waals surface area contributed by atoms with E-state index in [9.17, 15) is 4.79 Å². The third-order valence-corrected chi connectivity index (χ3v) is 4.30. The molecule has 110 valence electrons. The van der Waals surface area contributed by atoms with Crippen molar-refractivity contribution in [3.05, 3.63) is 61.1 Å². The van der Waals surface area contributed by atoms with Crippen LogP contribution in [-0.4, -0.2) is 13.0 Å². The van der Waals surface area contributed by atoms with Gasteiger partial charge in [0, 0.05) is 22.2 Å². The Kier molecular flexibility index (Phi) is 5.72. The van der Waals surface area contributed by atoms with Crippen LogP contribution in [0.2, 0.25) is 10.0 Å². The van der Waals surface area contributed by atoms with Crippen LogP contribution in [0.25, 0.3) is 0 Å². The number of benzene rings is 2. The summed E-state index contributed by atoms with van der Waals surface area (Å²) in [6.07, 6.45) is 0.